The van der Waals surface area contributed by atoms with E-state index in [0.29, 0.717) is 5.92 Å². The molecule has 0 amide bonds. The van der Waals surface area contributed by atoms with Crippen molar-refractivity contribution in [2.24, 2.45) is 5.92 Å². The number of ether oxygens (including phenoxy) is 2. The molecule has 3 nitrogen and oxygen atoms in total. The molecule has 0 spiro atoms. The van der Waals surface area contributed by atoms with E-state index in [-0.39, 0.29) is 11.6 Å². The van der Waals surface area contributed by atoms with E-state index in [1.165, 1.54) is 32.1 Å². The standard InChI is InChI=1S/C15H26O3/c1-13(2,3)17-12(16)15(5)14(4,18-15)11-9-7-6-8-10-11/h11H,6-10H2,1-5H3/t14-,15+/m0/s1. The van der Waals surface area contributed by atoms with Crippen molar-refractivity contribution in [2.45, 2.75) is 83.5 Å². The normalized spacial score (nSPS) is 37.4. The van der Waals surface area contributed by atoms with Gasteiger partial charge >= 0.3 is 5.97 Å². The number of carbonyl (C=O) groups is 1. The highest BCUT2D eigenvalue weighted by Gasteiger charge is 2.72. The maximum atomic E-state index is 12.3. The monoisotopic (exact) mass is 254 g/mol. The van der Waals surface area contributed by atoms with Gasteiger partial charge in [0.05, 0.1) is 0 Å². The number of rotatable bonds is 2. The predicted molar refractivity (Wildman–Crippen MR) is 70.3 cm³/mol. The fraction of sp³-hybridized carbons (Fsp3) is 0.933. The second-order valence-corrected chi connectivity index (χ2v) is 7.08. The summed E-state index contributed by atoms with van der Waals surface area (Å²) in [6, 6.07) is 0. The summed E-state index contributed by atoms with van der Waals surface area (Å²) < 4.78 is 11.4. The largest absolute Gasteiger partial charge is 0.458 e. The lowest BCUT2D eigenvalue weighted by Gasteiger charge is -2.28. The highest BCUT2D eigenvalue weighted by molar-refractivity contribution is 5.84. The van der Waals surface area contributed by atoms with E-state index in [2.05, 4.69) is 6.92 Å². The summed E-state index contributed by atoms with van der Waals surface area (Å²) >= 11 is 0. The Labute approximate surface area is 110 Å². The molecule has 1 heterocycles. The maximum absolute atomic E-state index is 12.3. The molecule has 0 bridgehead atoms. The van der Waals surface area contributed by atoms with Gasteiger partial charge in [-0.2, -0.15) is 0 Å². The zero-order valence-electron chi connectivity index (χ0n) is 12.3. The molecule has 18 heavy (non-hydrogen) atoms. The highest BCUT2D eigenvalue weighted by atomic mass is 16.7. The Morgan fingerprint density at radius 3 is 2.22 bits per heavy atom. The molecular formula is C15H26O3. The minimum Gasteiger partial charge on any atom is -0.458 e. The lowest BCUT2D eigenvalue weighted by Crippen LogP contribution is -2.40. The first-order valence-corrected chi connectivity index (χ1v) is 7.13. The van der Waals surface area contributed by atoms with Gasteiger partial charge in [-0.25, -0.2) is 4.79 Å². The van der Waals surface area contributed by atoms with Crippen molar-refractivity contribution in [1.29, 1.82) is 0 Å². The van der Waals surface area contributed by atoms with Gasteiger partial charge < -0.3 is 9.47 Å². The first kappa shape index (κ1) is 13.9. The fourth-order valence-corrected chi connectivity index (χ4v) is 3.14. The van der Waals surface area contributed by atoms with Crippen LogP contribution < -0.4 is 0 Å². The summed E-state index contributed by atoms with van der Waals surface area (Å²) in [6.45, 7) is 9.65. The third kappa shape index (κ3) is 2.29. The third-order valence-corrected chi connectivity index (χ3v) is 4.49. The second-order valence-electron chi connectivity index (χ2n) is 7.08. The molecule has 0 radical (unpaired) electrons. The minimum absolute atomic E-state index is 0.205. The average molecular weight is 254 g/mol. The van der Waals surface area contributed by atoms with Gasteiger partial charge in [0, 0.05) is 0 Å². The van der Waals surface area contributed by atoms with Gasteiger partial charge in [0.15, 0.2) is 5.60 Å². The molecule has 0 aromatic rings. The van der Waals surface area contributed by atoms with Crippen LogP contribution in [0.4, 0.5) is 0 Å². The zero-order valence-corrected chi connectivity index (χ0v) is 12.3. The van der Waals surface area contributed by atoms with E-state index in [9.17, 15) is 4.79 Å². The number of hydrogen-bond donors (Lipinski definition) is 0. The Morgan fingerprint density at radius 2 is 1.72 bits per heavy atom. The lowest BCUT2D eigenvalue weighted by molar-refractivity contribution is -0.160. The van der Waals surface area contributed by atoms with Gasteiger partial charge in [0.25, 0.3) is 0 Å². The molecule has 104 valence electrons. The van der Waals surface area contributed by atoms with Crippen molar-refractivity contribution >= 4 is 5.97 Å². The molecule has 1 saturated heterocycles. The van der Waals surface area contributed by atoms with Crippen molar-refractivity contribution in [3.8, 4) is 0 Å². The van der Waals surface area contributed by atoms with E-state index >= 15 is 0 Å². The Morgan fingerprint density at radius 1 is 1.17 bits per heavy atom. The van der Waals surface area contributed by atoms with Crippen molar-refractivity contribution < 1.29 is 14.3 Å². The van der Waals surface area contributed by atoms with Crippen LogP contribution in [0, 0.1) is 5.92 Å². The zero-order chi connectivity index (χ0) is 13.6. The van der Waals surface area contributed by atoms with Gasteiger partial charge in [-0.3, -0.25) is 0 Å². The van der Waals surface area contributed by atoms with E-state index < -0.39 is 11.2 Å². The summed E-state index contributed by atoms with van der Waals surface area (Å²) in [5.41, 5.74) is -1.49. The van der Waals surface area contributed by atoms with E-state index in [1.807, 2.05) is 27.7 Å². The number of carbonyl (C=O) groups excluding carboxylic acids is 1. The van der Waals surface area contributed by atoms with Gasteiger partial charge in [-0.05, 0) is 53.4 Å². The second kappa shape index (κ2) is 4.22. The van der Waals surface area contributed by atoms with E-state index in [1.54, 1.807) is 0 Å². The molecule has 3 heteroatoms. The van der Waals surface area contributed by atoms with Crippen LogP contribution in [0.25, 0.3) is 0 Å². The van der Waals surface area contributed by atoms with Gasteiger partial charge in [-0.1, -0.05) is 19.3 Å². The third-order valence-electron chi connectivity index (χ3n) is 4.49. The van der Waals surface area contributed by atoms with Crippen LogP contribution >= 0.6 is 0 Å². The molecule has 1 saturated carbocycles. The van der Waals surface area contributed by atoms with Crippen LogP contribution in [-0.4, -0.2) is 22.8 Å². The van der Waals surface area contributed by atoms with Gasteiger partial charge in [-0.15, -0.1) is 0 Å². The molecule has 2 aliphatic rings. The quantitative estimate of drug-likeness (QED) is 0.559. The summed E-state index contributed by atoms with van der Waals surface area (Å²) in [5.74, 6) is 0.298. The van der Waals surface area contributed by atoms with E-state index in [4.69, 9.17) is 9.47 Å². The van der Waals surface area contributed by atoms with E-state index in [0.717, 1.165) is 0 Å². The summed E-state index contributed by atoms with van der Waals surface area (Å²) in [6.07, 6.45) is 6.18. The number of esters is 1. The van der Waals surface area contributed by atoms with Crippen molar-refractivity contribution in [2.75, 3.05) is 0 Å². The summed E-state index contributed by atoms with van der Waals surface area (Å²) in [4.78, 5) is 12.3. The van der Waals surface area contributed by atoms with Crippen LogP contribution in [0.1, 0.15) is 66.7 Å². The molecule has 2 fully saturated rings. The SMILES string of the molecule is CC(C)(C)OC(=O)[C@@]1(C)O[C@@]1(C)C1CCCCC1. The Balaban J connectivity index is 2.04. The smallest absolute Gasteiger partial charge is 0.341 e. The molecule has 0 aromatic carbocycles. The first-order chi connectivity index (χ1) is 8.19. The molecule has 2 rings (SSSR count). The summed E-state index contributed by atoms with van der Waals surface area (Å²) in [7, 11) is 0. The molecule has 0 unspecified atom stereocenters. The summed E-state index contributed by atoms with van der Waals surface area (Å²) in [5, 5.41) is 0. The number of epoxide rings is 1. The molecule has 1 aliphatic heterocycles. The molecule has 0 aromatic heterocycles. The van der Waals surface area contributed by atoms with Gasteiger partial charge in [0.2, 0.25) is 0 Å². The van der Waals surface area contributed by atoms with Crippen molar-refractivity contribution in [1.82, 2.24) is 0 Å². The Hall–Kier alpha value is -0.570. The molecule has 1 aliphatic carbocycles. The van der Waals surface area contributed by atoms with Crippen LogP contribution in [-0.2, 0) is 14.3 Å². The Bertz CT molecular complexity index is 338. The topological polar surface area (TPSA) is 38.8 Å². The molecule has 0 N–H and O–H groups in total. The number of hydrogen-bond acceptors (Lipinski definition) is 3. The molecule has 2 atom stereocenters. The van der Waals surface area contributed by atoms with Crippen LogP contribution in [0.3, 0.4) is 0 Å². The first-order valence-electron chi connectivity index (χ1n) is 7.13. The van der Waals surface area contributed by atoms with Crippen LogP contribution in [0.15, 0.2) is 0 Å². The van der Waals surface area contributed by atoms with Gasteiger partial charge in [0.1, 0.15) is 11.2 Å². The predicted octanol–water partition coefficient (Wildman–Crippen LogP) is 3.46. The fourth-order valence-electron chi connectivity index (χ4n) is 3.14. The average Bonchev–Trinajstić information content (AvgIpc) is 2.84. The molecular weight excluding hydrogens is 228 g/mol. The van der Waals surface area contributed by atoms with Crippen molar-refractivity contribution in [3.05, 3.63) is 0 Å². The maximum Gasteiger partial charge on any atom is 0.341 e. The highest BCUT2D eigenvalue weighted by Crippen LogP contribution is 2.57. The minimum atomic E-state index is -0.734. The van der Waals surface area contributed by atoms with Crippen LogP contribution in [0.5, 0.6) is 0 Å². The van der Waals surface area contributed by atoms with Crippen molar-refractivity contribution in [3.63, 3.8) is 0 Å². The Kier molecular flexibility index (Phi) is 3.25. The lowest BCUT2D eigenvalue weighted by atomic mass is 9.75. The van der Waals surface area contributed by atoms with Crippen LogP contribution in [0.2, 0.25) is 0 Å².